The number of nitrogens with one attached hydrogen (secondary N) is 2. The molecule has 1 aromatic rings. The van der Waals surface area contributed by atoms with Crippen LogP contribution in [0.5, 0.6) is 0 Å². The second kappa shape index (κ2) is 8.36. The van der Waals surface area contributed by atoms with E-state index in [2.05, 4.69) is 23.9 Å². The fraction of sp³-hybridized carbons (Fsp3) is 0.600. The van der Waals surface area contributed by atoms with Crippen LogP contribution in [0.1, 0.15) is 27.7 Å². The molecule has 0 fully saturated rings. The van der Waals surface area contributed by atoms with Crippen LogP contribution in [-0.2, 0) is 14.8 Å². The molecular weight excluding hydrogens is 288 g/mol. The molecule has 1 aromatic carbocycles. The van der Waals surface area contributed by atoms with Crippen molar-refractivity contribution in [3.05, 3.63) is 24.3 Å². The fourth-order valence-corrected chi connectivity index (χ4v) is 3.14. The summed E-state index contributed by atoms with van der Waals surface area (Å²) in [6.45, 7) is 9.42. The van der Waals surface area contributed by atoms with Crippen molar-refractivity contribution >= 4 is 15.7 Å². The lowest BCUT2D eigenvalue weighted by atomic mass is 10.1. The maximum absolute atomic E-state index is 12.2. The number of para-hydroxylation sites is 1. The summed E-state index contributed by atoms with van der Waals surface area (Å²) >= 11 is 0. The van der Waals surface area contributed by atoms with Gasteiger partial charge in [0.15, 0.2) is 0 Å². The molecule has 21 heavy (non-hydrogen) atoms. The van der Waals surface area contributed by atoms with Crippen molar-refractivity contribution in [3.8, 4) is 0 Å². The first-order valence-electron chi connectivity index (χ1n) is 7.35. The summed E-state index contributed by atoms with van der Waals surface area (Å²) in [6.07, 6.45) is 0. The average Bonchev–Trinajstić information content (AvgIpc) is 2.43. The zero-order chi connectivity index (χ0) is 15.9. The van der Waals surface area contributed by atoms with E-state index in [4.69, 9.17) is 4.74 Å². The molecule has 0 aromatic heterocycles. The highest BCUT2D eigenvalue weighted by Crippen LogP contribution is 2.23. The number of benzene rings is 1. The van der Waals surface area contributed by atoms with E-state index in [1.165, 1.54) is 0 Å². The minimum atomic E-state index is -3.49. The zero-order valence-electron chi connectivity index (χ0n) is 13.2. The van der Waals surface area contributed by atoms with Crippen LogP contribution in [0.2, 0.25) is 0 Å². The highest BCUT2D eigenvalue weighted by atomic mass is 32.2. The number of anilines is 1. The lowest BCUT2D eigenvalue weighted by Crippen LogP contribution is -2.32. The predicted molar refractivity (Wildman–Crippen MR) is 86.0 cm³/mol. The monoisotopic (exact) mass is 314 g/mol. The highest BCUT2D eigenvalue weighted by Gasteiger charge is 2.20. The number of hydrogen-bond acceptors (Lipinski definition) is 4. The summed E-state index contributed by atoms with van der Waals surface area (Å²) in [5.74, 6) is 0.325. The molecule has 0 aliphatic carbocycles. The van der Waals surface area contributed by atoms with E-state index in [9.17, 15) is 8.42 Å². The molecule has 120 valence electrons. The molecular formula is C15H26N2O3S. The lowest BCUT2D eigenvalue weighted by molar-refractivity contribution is 0.126. The number of ether oxygens (including phenoxy) is 1. The Balaban J connectivity index is 3.02. The Kier molecular flexibility index (Phi) is 7.14. The second-order valence-corrected chi connectivity index (χ2v) is 6.89. The van der Waals surface area contributed by atoms with Crippen LogP contribution in [0.15, 0.2) is 29.2 Å². The Morgan fingerprint density at radius 1 is 1.19 bits per heavy atom. The van der Waals surface area contributed by atoms with Gasteiger partial charge in [-0.1, -0.05) is 32.9 Å². The van der Waals surface area contributed by atoms with Crippen molar-refractivity contribution in [3.63, 3.8) is 0 Å². The molecule has 0 aliphatic heterocycles. The van der Waals surface area contributed by atoms with Gasteiger partial charge in [-0.2, -0.15) is 0 Å². The van der Waals surface area contributed by atoms with Gasteiger partial charge in [-0.15, -0.1) is 0 Å². The summed E-state index contributed by atoms with van der Waals surface area (Å²) < 4.78 is 32.5. The third-order valence-electron chi connectivity index (χ3n) is 3.16. The van der Waals surface area contributed by atoms with Gasteiger partial charge in [-0.05, 0) is 25.0 Å². The molecule has 1 atom stereocenters. The molecule has 0 heterocycles. The number of hydrogen-bond donors (Lipinski definition) is 2. The van der Waals surface area contributed by atoms with Gasteiger partial charge in [0.2, 0.25) is 10.0 Å². The van der Waals surface area contributed by atoms with Crippen LogP contribution in [0.25, 0.3) is 0 Å². The largest absolute Gasteiger partial charge is 0.380 e. The number of sulfonamides is 1. The topological polar surface area (TPSA) is 67.4 Å². The molecule has 1 rings (SSSR count). The average molecular weight is 314 g/mol. The van der Waals surface area contributed by atoms with E-state index >= 15 is 0 Å². The normalized spacial score (nSPS) is 13.4. The molecule has 2 N–H and O–H groups in total. The van der Waals surface area contributed by atoms with Gasteiger partial charge in [-0.3, -0.25) is 0 Å². The van der Waals surface area contributed by atoms with Crippen molar-refractivity contribution < 1.29 is 13.2 Å². The maximum Gasteiger partial charge on any atom is 0.242 e. The lowest BCUT2D eigenvalue weighted by Gasteiger charge is -2.24. The van der Waals surface area contributed by atoms with Gasteiger partial charge in [0.1, 0.15) is 4.90 Å². The third kappa shape index (κ3) is 5.30. The fourth-order valence-electron chi connectivity index (χ4n) is 1.93. The van der Waals surface area contributed by atoms with Crippen molar-refractivity contribution in [1.82, 2.24) is 4.72 Å². The SMILES string of the molecule is CCNS(=O)(=O)c1ccccc1NC(COCC)C(C)C. The van der Waals surface area contributed by atoms with Gasteiger partial charge >= 0.3 is 0 Å². The molecule has 6 heteroatoms. The van der Waals surface area contributed by atoms with Crippen molar-refractivity contribution in [2.24, 2.45) is 5.92 Å². The van der Waals surface area contributed by atoms with E-state index in [-0.39, 0.29) is 10.9 Å². The smallest absolute Gasteiger partial charge is 0.242 e. The summed E-state index contributed by atoms with van der Waals surface area (Å²) in [4.78, 5) is 0.272. The molecule has 5 nitrogen and oxygen atoms in total. The van der Waals surface area contributed by atoms with E-state index in [1.807, 2.05) is 13.0 Å². The predicted octanol–water partition coefficient (Wildman–Crippen LogP) is 2.46. The van der Waals surface area contributed by atoms with Crippen LogP contribution in [-0.4, -0.2) is 34.2 Å². The van der Waals surface area contributed by atoms with Gasteiger partial charge in [0.25, 0.3) is 0 Å². The van der Waals surface area contributed by atoms with Crippen LogP contribution in [0.4, 0.5) is 5.69 Å². The van der Waals surface area contributed by atoms with Crippen LogP contribution in [0, 0.1) is 5.92 Å². The Morgan fingerprint density at radius 3 is 2.43 bits per heavy atom. The van der Waals surface area contributed by atoms with Crippen molar-refractivity contribution in [1.29, 1.82) is 0 Å². The molecule has 0 saturated carbocycles. The molecule has 0 radical (unpaired) electrons. The van der Waals surface area contributed by atoms with Gasteiger partial charge in [0.05, 0.1) is 18.3 Å². The van der Waals surface area contributed by atoms with Crippen LogP contribution < -0.4 is 10.0 Å². The minimum Gasteiger partial charge on any atom is -0.380 e. The van der Waals surface area contributed by atoms with Crippen LogP contribution >= 0.6 is 0 Å². The van der Waals surface area contributed by atoms with Crippen molar-refractivity contribution in [2.45, 2.75) is 38.6 Å². The first-order chi connectivity index (χ1) is 9.92. The zero-order valence-corrected chi connectivity index (χ0v) is 14.0. The standard InChI is InChI=1S/C15H26N2O3S/c1-5-16-21(18,19)15-10-8-7-9-13(15)17-14(12(3)4)11-20-6-2/h7-10,12,14,16-17H,5-6,11H2,1-4H3. The second-order valence-electron chi connectivity index (χ2n) is 5.15. The van der Waals surface area contributed by atoms with E-state index in [0.717, 1.165) is 0 Å². The molecule has 0 aliphatic rings. The quantitative estimate of drug-likeness (QED) is 0.735. The minimum absolute atomic E-state index is 0.0583. The molecule has 0 amide bonds. The van der Waals surface area contributed by atoms with Gasteiger partial charge < -0.3 is 10.1 Å². The Morgan fingerprint density at radius 2 is 1.86 bits per heavy atom. The molecule has 0 bridgehead atoms. The number of rotatable bonds is 9. The summed E-state index contributed by atoms with van der Waals surface area (Å²) in [5.41, 5.74) is 0.608. The van der Waals surface area contributed by atoms with E-state index < -0.39 is 10.0 Å². The van der Waals surface area contributed by atoms with Gasteiger partial charge in [0, 0.05) is 13.2 Å². The summed E-state index contributed by atoms with van der Waals surface area (Å²) in [5, 5.41) is 3.30. The third-order valence-corrected chi connectivity index (χ3v) is 4.76. The Bertz CT molecular complexity index is 529. The highest BCUT2D eigenvalue weighted by molar-refractivity contribution is 7.89. The first-order valence-corrected chi connectivity index (χ1v) is 8.83. The van der Waals surface area contributed by atoms with Crippen LogP contribution in [0.3, 0.4) is 0 Å². The van der Waals surface area contributed by atoms with Gasteiger partial charge in [-0.25, -0.2) is 13.1 Å². The molecule has 0 spiro atoms. The molecule has 1 unspecified atom stereocenters. The van der Waals surface area contributed by atoms with E-state index in [0.29, 0.717) is 31.4 Å². The summed E-state index contributed by atoms with van der Waals surface area (Å²) in [7, 11) is -3.49. The van der Waals surface area contributed by atoms with E-state index in [1.54, 1.807) is 25.1 Å². The first kappa shape index (κ1) is 17.9. The summed E-state index contributed by atoms with van der Waals surface area (Å²) in [6, 6.07) is 7.00. The molecule has 0 saturated heterocycles. The Hall–Kier alpha value is -1.11. The van der Waals surface area contributed by atoms with Crippen molar-refractivity contribution in [2.75, 3.05) is 25.1 Å². The maximum atomic E-state index is 12.2. The Labute approximate surface area is 128 Å².